The van der Waals surface area contributed by atoms with Crippen LogP contribution in [-0.4, -0.2) is 165 Å². The second kappa shape index (κ2) is 38.1. The van der Waals surface area contributed by atoms with E-state index in [2.05, 4.69) is 6.58 Å². The van der Waals surface area contributed by atoms with E-state index in [1.165, 1.54) is 84.9 Å². The van der Waals surface area contributed by atoms with Gasteiger partial charge in [0.2, 0.25) is 0 Å². The van der Waals surface area contributed by atoms with Gasteiger partial charge in [-0.3, -0.25) is 4.79 Å². The van der Waals surface area contributed by atoms with Gasteiger partial charge in [0.15, 0.2) is 49.4 Å². The summed E-state index contributed by atoms with van der Waals surface area (Å²) in [5.41, 5.74) is 0.618. The van der Waals surface area contributed by atoms with Crippen molar-refractivity contribution < 1.29 is 110 Å². The van der Waals surface area contributed by atoms with E-state index in [0.29, 0.717) is 12.8 Å². The SMILES string of the molecule is C=CCCCCCCCCOC1OC(COC2OC(COC(=O)c3ccccc3)C(OC(=O)c3ccccc3)C(OC(=O)c3ccccc3)C2C)C(O)C(OC2OC(COC(=O)c3ccccc3)C(OC(=O)c3ccccc3)C(OC(=O)c3ccccc3)C2OC(=O)c2ccccc2)C1OC(C)=O. The number of carbonyl (C=O) groups excluding carboxylic acids is 8. The Morgan fingerprint density at radius 1 is 0.359 bits per heavy atom. The lowest BCUT2D eigenvalue weighted by Crippen LogP contribution is -2.67. The molecule has 15 unspecified atom stereocenters. The first kappa shape index (κ1) is 75.4. The molecule has 3 aliphatic rings. The van der Waals surface area contributed by atoms with E-state index in [4.69, 9.17) is 66.3 Å². The molecule has 7 aromatic carbocycles. The second-order valence-electron chi connectivity index (χ2n) is 24.7. The van der Waals surface area contributed by atoms with Gasteiger partial charge in [0.25, 0.3) is 0 Å². The summed E-state index contributed by atoms with van der Waals surface area (Å²) in [5.74, 6) is -8.22. The molecule has 0 spiro atoms. The zero-order valence-corrected chi connectivity index (χ0v) is 56.9. The van der Waals surface area contributed by atoms with E-state index in [-0.39, 0.29) is 45.6 Å². The topological polar surface area (TPSA) is 286 Å². The number of benzene rings is 7. The highest BCUT2D eigenvalue weighted by Gasteiger charge is 2.58. The molecule has 3 heterocycles. The maximum atomic E-state index is 14.7. The molecule has 10 rings (SSSR count). The van der Waals surface area contributed by atoms with Crippen LogP contribution in [0.3, 0.4) is 0 Å². The molecule has 7 aromatic rings. The number of esters is 8. The standard InChI is InChI=1S/C80H82O23/c1-4-5-6-7-8-9-10-32-47-90-79-69(94-52(3)81)67(63(82)60(95-79)48-93-78-51(2)64(98-73(85)55-37-22-13-23-38-55)65(99-74(86)56-39-24-14-25-40-56)61(96-78)49-91-71(83)53-33-18-11-19-34-53)103-80-70(102-77(89)59-45-30-17-31-46-59)68(101-76(88)58-43-28-16-29-44-58)66(100-75(87)57-41-26-15-27-42-57)62(97-80)50-92-72(84)54-35-20-12-21-36-54/h4,11-31,33-46,51,60-70,78-80,82H,1,5-10,32,47-50H2,2-3H3. The molecule has 0 radical (unpaired) electrons. The molecular formula is C80H82O23. The minimum atomic E-state index is -2.07. The molecule has 3 saturated heterocycles. The minimum Gasteiger partial charge on any atom is -0.459 e. The molecule has 1 N–H and O–H groups in total. The van der Waals surface area contributed by atoms with Crippen LogP contribution in [0.1, 0.15) is 131 Å². The summed E-state index contributed by atoms with van der Waals surface area (Å²) < 4.78 is 89.3. The minimum absolute atomic E-state index is 0.00488. The summed E-state index contributed by atoms with van der Waals surface area (Å²) >= 11 is 0. The summed E-state index contributed by atoms with van der Waals surface area (Å²) in [5, 5.41) is 13.1. The normalized spacial score (nSPS) is 24.4. The van der Waals surface area contributed by atoms with Crippen molar-refractivity contribution in [3.8, 4) is 0 Å². The number of aliphatic hydroxyl groups is 1. The lowest BCUT2D eigenvalue weighted by atomic mass is 9.91. The highest BCUT2D eigenvalue weighted by atomic mass is 16.8. The first-order valence-electron chi connectivity index (χ1n) is 34.2. The van der Waals surface area contributed by atoms with E-state index >= 15 is 0 Å². The fourth-order valence-electron chi connectivity index (χ4n) is 11.9. The molecule has 0 aromatic heterocycles. The Labute approximate surface area is 596 Å². The molecule has 0 amide bonds. The highest BCUT2D eigenvalue weighted by Crippen LogP contribution is 2.38. The van der Waals surface area contributed by atoms with E-state index in [9.17, 15) is 43.5 Å². The fraction of sp³-hybridized carbons (Fsp3) is 0.350. The van der Waals surface area contributed by atoms with Gasteiger partial charge in [-0.15, -0.1) is 6.58 Å². The number of rotatable bonds is 32. The number of carbonyl (C=O) groups is 8. The summed E-state index contributed by atoms with van der Waals surface area (Å²) in [7, 11) is 0. The fourth-order valence-corrected chi connectivity index (χ4v) is 11.9. The Hall–Kier alpha value is -10.2. The average molecular weight is 1410 g/mol. The van der Waals surface area contributed by atoms with Gasteiger partial charge in [0.1, 0.15) is 49.8 Å². The Balaban J connectivity index is 1.03. The summed E-state index contributed by atoms with van der Waals surface area (Å²) in [4.78, 5) is 113. The number of hydrogen-bond donors (Lipinski definition) is 1. The van der Waals surface area contributed by atoms with E-state index in [0.717, 1.165) is 39.0 Å². The summed E-state index contributed by atoms with van der Waals surface area (Å²) in [6.45, 7) is 4.54. The van der Waals surface area contributed by atoms with Crippen LogP contribution in [0.2, 0.25) is 0 Å². The lowest BCUT2D eigenvalue weighted by Gasteiger charge is -2.48. The van der Waals surface area contributed by atoms with Crippen LogP contribution in [0, 0.1) is 5.92 Å². The first-order valence-corrected chi connectivity index (χ1v) is 34.2. The van der Waals surface area contributed by atoms with Crippen LogP contribution >= 0.6 is 0 Å². The Morgan fingerprint density at radius 2 is 0.689 bits per heavy atom. The van der Waals surface area contributed by atoms with Crippen LogP contribution in [0.4, 0.5) is 0 Å². The van der Waals surface area contributed by atoms with Crippen molar-refractivity contribution in [2.45, 2.75) is 145 Å². The van der Waals surface area contributed by atoms with E-state index < -0.39 is 160 Å². The number of aliphatic hydroxyl groups excluding tert-OH is 1. The quantitative estimate of drug-likeness (QED) is 0.0177. The van der Waals surface area contributed by atoms with Gasteiger partial charge in [-0.2, -0.15) is 0 Å². The number of unbranched alkanes of at least 4 members (excludes halogenated alkanes) is 6. The highest BCUT2D eigenvalue weighted by molar-refractivity contribution is 5.93. The molecule has 0 bridgehead atoms. The maximum absolute atomic E-state index is 14.7. The molecule has 0 saturated carbocycles. The van der Waals surface area contributed by atoms with Crippen LogP contribution in [0.15, 0.2) is 225 Å². The average Bonchev–Trinajstić information content (AvgIpc) is 0.771. The molecule has 23 heteroatoms. The van der Waals surface area contributed by atoms with Crippen LogP contribution in [-0.2, 0) is 71.1 Å². The van der Waals surface area contributed by atoms with Crippen molar-refractivity contribution >= 4 is 47.8 Å². The predicted molar refractivity (Wildman–Crippen MR) is 368 cm³/mol. The maximum Gasteiger partial charge on any atom is 0.338 e. The van der Waals surface area contributed by atoms with Gasteiger partial charge in [-0.25, -0.2) is 33.6 Å². The molecular weight excluding hydrogens is 1330 g/mol. The van der Waals surface area contributed by atoms with Crippen LogP contribution in [0.5, 0.6) is 0 Å². The Bertz CT molecular complexity index is 3870. The van der Waals surface area contributed by atoms with Gasteiger partial charge in [-0.1, -0.05) is 166 Å². The van der Waals surface area contributed by atoms with Crippen LogP contribution in [0.25, 0.3) is 0 Å². The van der Waals surface area contributed by atoms with Gasteiger partial charge >= 0.3 is 47.8 Å². The Kier molecular flexibility index (Phi) is 27.9. The molecule has 3 aliphatic heterocycles. The molecule has 3 fully saturated rings. The molecule has 103 heavy (non-hydrogen) atoms. The van der Waals surface area contributed by atoms with E-state index in [1.54, 1.807) is 134 Å². The molecule has 23 nitrogen and oxygen atoms in total. The smallest absolute Gasteiger partial charge is 0.338 e. The van der Waals surface area contributed by atoms with Crippen molar-refractivity contribution in [3.63, 3.8) is 0 Å². The monoisotopic (exact) mass is 1410 g/mol. The predicted octanol–water partition coefficient (Wildman–Crippen LogP) is 11.3. The third kappa shape index (κ3) is 21.0. The van der Waals surface area contributed by atoms with Crippen molar-refractivity contribution in [3.05, 3.63) is 264 Å². The van der Waals surface area contributed by atoms with Crippen molar-refractivity contribution in [2.75, 3.05) is 26.4 Å². The van der Waals surface area contributed by atoms with Gasteiger partial charge < -0.3 is 71.4 Å². The van der Waals surface area contributed by atoms with Crippen molar-refractivity contribution in [2.24, 2.45) is 5.92 Å². The number of ether oxygens (including phenoxy) is 14. The zero-order valence-electron chi connectivity index (χ0n) is 56.9. The van der Waals surface area contributed by atoms with Gasteiger partial charge in [0, 0.05) is 19.4 Å². The van der Waals surface area contributed by atoms with Gasteiger partial charge in [0.05, 0.1) is 45.6 Å². The summed E-state index contributed by atoms with van der Waals surface area (Å²) in [6.07, 6.45) is -16.3. The number of hydrogen-bond acceptors (Lipinski definition) is 23. The second-order valence-corrected chi connectivity index (χ2v) is 24.7. The largest absolute Gasteiger partial charge is 0.459 e. The third-order valence-electron chi connectivity index (χ3n) is 17.3. The van der Waals surface area contributed by atoms with Crippen molar-refractivity contribution in [1.29, 1.82) is 0 Å². The third-order valence-corrected chi connectivity index (χ3v) is 17.3. The number of allylic oxidation sites excluding steroid dienone is 1. The lowest BCUT2D eigenvalue weighted by molar-refractivity contribution is -0.364. The molecule has 15 atom stereocenters. The summed E-state index contributed by atoms with van der Waals surface area (Å²) in [6, 6.07) is 55.3. The van der Waals surface area contributed by atoms with Crippen molar-refractivity contribution in [1.82, 2.24) is 0 Å². The van der Waals surface area contributed by atoms with Crippen LogP contribution < -0.4 is 0 Å². The molecule has 0 aliphatic carbocycles. The first-order chi connectivity index (χ1) is 50.1. The molecule has 540 valence electrons. The Morgan fingerprint density at radius 3 is 1.10 bits per heavy atom. The van der Waals surface area contributed by atoms with Gasteiger partial charge in [-0.05, 0) is 104 Å². The van der Waals surface area contributed by atoms with E-state index in [1.807, 2.05) is 6.08 Å². The zero-order chi connectivity index (χ0) is 72.5.